The van der Waals surface area contributed by atoms with Crippen molar-refractivity contribution in [3.63, 3.8) is 0 Å². The van der Waals surface area contributed by atoms with Gasteiger partial charge in [0.2, 0.25) is 0 Å². The molecular formula is C10H19NO3. The van der Waals surface area contributed by atoms with Crippen molar-refractivity contribution in [2.24, 2.45) is 0 Å². The van der Waals surface area contributed by atoms with Crippen molar-refractivity contribution in [3.8, 4) is 0 Å². The molecule has 14 heavy (non-hydrogen) atoms. The van der Waals surface area contributed by atoms with Crippen molar-refractivity contribution in [1.82, 2.24) is 5.32 Å². The average Bonchev–Trinajstić information content (AvgIpc) is 2.32. The summed E-state index contributed by atoms with van der Waals surface area (Å²) in [6, 6.07) is -0.134. The SMILES string of the molecule is CC(C)(C)OC(=O)N[C@H]1CCCC1O. The number of hydrogen-bond acceptors (Lipinski definition) is 3. The molecule has 0 aromatic carbocycles. The van der Waals surface area contributed by atoms with Crippen LogP contribution in [0, 0.1) is 0 Å². The van der Waals surface area contributed by atoms with E-state index in [0.717, 1.165) is 19.3 Å². The van der Waals surface area contributed by atoms with Gasteiger partial charge in [-0.2, -0.15) is 0 Å². The quantitative estimate of drug-likeness (QED) is 0.674. The highest BCUT2D eigenvalue weighted by molar-refractivity contribution is 5.68. The molecule has 2 atom stereocenters. The van der Waals surface area contributed by atoms with Crippen molar-refractivity contribution in [3.05, 3.63) is 0 Å². The summed E-state index contributed by atoms with van der Waals surface area (Å²) >= 11 is 0. The van der Waals surface area contributed by atoms with Gasteiger partial charge in [0, 0.05) is 0 Å². The minimum absolute atomic E-state index is 0.134. The molecule has 1 fully saturated rings. The summed E-state index contributed by atoms with van der Waals surface area (Å²) in [5, 5.41) is 12.1. The summed E-state index contributed by atoms with van der Waals surface area (Å²) in [4.78, 5) is 11.3. The Hall–Kier alpha value is -0.770. The van der Waals surface area contributed by atoms with Gasteiger partial charge in [-0.25, -0.2) is 4.79 Å². The first-order chi connectivity index (χ1) is 6.38. The Labute approximate surface area is 84.6 Å². The van der Waals surface area contributed by atoms with Crippen LogP contribution in [0.3, 0.4) is 0 Å². The van der Waals surface area contributed by atoms with Gasteiger partial charge in [-0.3, -0.25) is 0 Å². The van der Waals surface area contributed by atoms with Gasteiger partial charge in [0.15, 0.2) is 0 Å². The van der Waals surface area contributed by atoms with Crippen molar-refractivity contribution in [2.45, 2.75) is 57.8 Å². The van der Waals surface area contributed by atoms with E-state index < -0.39 is 17.8 Å². The van der Waals surface area contributed by atoms with E-state index in [9.17, 15) is 9.90 Å². The summed E-state index contributed by atoms with van der Waals surface area (Å²) in [6.07, 6.45) is 1.70. The number of alkyl carbamates (subject to hydrolysis) is 1. The van der Waals surface area contributed by atoms with Crippen LogP contribution >= 0.6 is 0 Å². The molecule has 0 aromatic rings. The van der Waals surface area contributed by atoms with E-state index in [1.807, 2.05) is 20.8 Å². The fourth-order valence-electron chi connectivity index (χ4n) is 1.57. The average molecular weight is 201 g/mol. The molecular weight excluding hydrogens is 182 g/mol. The summed E-state index contributed by atoms with van der Waals surface area (Å²) in [6.45, 7) is 5.45. The maximum absolute atomic E-state index is 11.3. The van der Waals surface area contributed by atoms with Crippen molar-refractivity contribution < 1.29 is 14.6 Å². The highest BCUT2D eigenvalue weighted by Gasteiger charge is 2.28. The predicted molar refractivity (Wildman–Crippen MR) is 53.0 cm³/mol. The Morgan fingerprint density at radius 2 is 2.07 bits per heavy atom. The smallest absolute Gasteiger partial charge is 0.407 e. The van der Waals surface area contributed by atoms with E-state index in [1.165, 1.54) is 0 Å². The minimum atomic E-state index is -0.479. The third-order valence-electron chi connectivity index (χ3n) is 2.18. The van der Waals surface area contributed by atoms with Gasteiger partial charge in [-0.15, -0.1) is 0 Å². The second-order valence-corrected chi connectivity index (χ2v) is 4.75. The molecule has 1 aliphatic rings. The molecule has 0 aromatic heterocycles. The van der Waals surface area contributed by atoms with Crippen LogP contribution in [-0.4, -0.2) is 28.9 Å². The predicted octanol–water partition coefficient (Wildman–Crippen LogP) is 1.42. The number of nitrogens with one attached hydrogen (secondary N) is 1. The lowest BCUT2D eigenvalue weighted by atomic mass is 10.2. The summed E-state index contributed by atoms with van der Waals surface area (Å²) < 4.78 is 5.09. The van der Waals surface area contributed by atoms with E-state index >= 15 is 0 Å². The Kier molecular flexibility index (Phi) is 3.37. The first-order valence-corrected chi connectivity index (χ1v) is 5.06. The number of hydrogen-bond donors (Lipinski definition) is 2. The first kappa shape index (κ1) is 11.3. The van der Waals surface area contributed by atoms with Crippen LogP contribution in [0.15, 0.2) is 0 Å². The van der Waals surface area contributed by atoms with Crippen LogP contribution in [0.4, 0.5) is 4.79 Å². The van der Waals surface area contributed by atoms with Crippen LogP contribution in [0.25, 0.3) is 0 Å². The molecule has 1 rings (SSSR count). The monoisotopic (exact) mass is 201 g/mol. The zero-order chi connectivity index (χ0) is 10.8. The van der Waals surface area contributed by atoms with Gasteiger partial charge in [0.05, 0.1) is 12.1 Å². The van der Waals surface area contributed by atoms with Crippen LogP contribution in [0.5, 0.6) is 0 Å². The summed E-state index contributed by atoms with van der Waals surface area (Å²) in [5.41, 5.74) is -0.479. The lowest BCUT2D eigenvalue weighted by Crippen LogP contribution is -2.42. The van der Waals surface area contributed by atoms with Gasteiger partial charge in [-0.05, 0) is 40.0 Å². The molecule has 4 nitrogen and oxygen atoms in total. The lowest BCUT2D eigenvalue weighted by molar-refractivity contribution is 0.0450. The Morgan fingerprint density at radius 1 is 1.43 bits per heavy atom. The number of aliphatic hydroxyl groups is 1. The van der Waals surface area contributed by atoms with Crippen LogP contribution < -0.4 is 5.32 Å². The lowest BCUT2D eigenvalue weighted by Gasteiger charge is -2.22. The van der Waals surface area contributed by atoms with E-state index in [4.69, 9.17) is 4.74 Å². The number of amides is 1. The summed E-state index contributed by atoms with van der Waals surface area (Å²) in [7, 11) is 0. The van der Waals surface area contributed by atoms with Gasteiger partial charge in [0.25, 0.3) is 0 Å². The summed E-state index contributed by atoms with van der Waals surface area (Å²) in [5.74, 6) is 0. The van der Waals surface area contributed by atoms with Crippen LogP contribution in [0.2, 0.25) is 0 Å². The highest BCUT2D eigenvalue weighted by atomic mass is 16.6. The second-order valence-electron chi connectivity index (χ2n) is 4.75. The van der Waals surface area contributed by atoms with E-state index in [2.05, 4.69) is 5.32 Å². The van der Waals surface area contributed by atoms with Gasteiger partial charge in [-0.1, -0.05) is 0 Å². The van der Waals surface area contributed by atoms with Crippen molar-refractivity contribution in [2.75, 3.05) is 0 Å². The zero-order valence-electron chi connectivity index (χ0n) is 9.04. The maximum atomic E-state index is 11.3. The molecule has 0 radical (unpaired) electrons. The topological polar surface area (TPSA) is 58.6 Å². The fourth-order valence-corrected chi connectivity index (χ4v) is 1.57. The number of rotatable bonds is 1. The van der Waals surface area contributed by atoms with Crippen LogP contribution in [-0.2, 0) is 4.74 Å². The number of aliphatic hydroxyl groups excluding tert-OH is 1. The third kappa shape index (κ3) is 3.54. The fraction of sp³-hybridized carbons (Fsp3) is 0.900. The molecule has 1 saturated carbocycles. The molecule has 1 amide bonds. The number of carbonyl (C=O) groups excluding carboxylic acids is 1. The molecule has 0 spiro atoms. The molecule has 82 valence electrons. The third-order valence-corrected chi connectivity index (χ3v) is 2.18. The zero-order valence-corrected chi connectivity index (χ0v) is 9.04. The molecule has 0 saturated heterocycles. The number of ether oxygens (including phenoxy) is 1. The first-order valence-electron chi connectivity index (χ1n) is 5.06. The largest absolute Gasteiger partial charge is 0.444 e. The minimum Gasteiger partial charge on any atom is -0.444 e. The highest BCUT2D eigenvalue weighted by Crippen LogP contribution is 2.19. The molecule has 4 heteroatoms. The van der Waals surface area contributed by atoms with Gasteiger partial charge >= 0.3 is 6.09 Å². The Morgan fingerprint density at radius 3 is 2.50 bits per heavy atom. The van der Waals surface area contributed by atoms with Crippen molar-refractivity contribution in [1.29, 1.82) is 0 Å². The Bertz CT molecular complexity index is 210. The van der Waals surface area contributed by atoms with E-state index in [1.54, 1.807) is 0 Å². The molecule has 1 aliphatic carbocycles. The molecule has 2 N–H and O–H groups in total. The van der Waals surface area contributed by atoms with Crippen molar-refractivity contribution >= 4 is 6.09 Å². The van der Waals surface area contributed by atoms with E-state index in [0.29, 0.717) is 0 Å². The molecule has 0 aliphatic heterocycles. The van der Waals surface area contributed by atoms with Gasteiger partial charge in [0.1, 0.15) is 5.60 Å². The van der Waals surface area contributed by atoms with Crippen LogP contribution in [0.1, 0.15) is 40.0 Å². The van der Waals surface area contributed by atoms with Gasteiger partial charge < -0.3 is 15.2 Å². The van der Waals surface area contributed by atoms with E-state index in [-0.39, 0.29) is 6.04 Å². The molecule has 0 bridgehead atoms. The maximum Gasteiger partial charge on any atom is 0.407 e. The molecule has 0 heterocycles. The number of carbonyl (C=O) groups is 1. The standard InChI is InChI=1S/C10H19NO3/c1-10(2,3)14-9(13)11-7-5-4-6-8(7)12/h7-8,12H,4-6H2,1-3H3,(H,11,13)/t7-,8?/m0/s1. The molecule has 1 unspecified atom stereocenters. The normalized spacial score (nSPS) is 27.4. The Balaban J connectivity index is 2.33. The second kappa shape index (κ2) is 4.17.